The fourth-order valence-corrected chi connectivity index (χ4v) is 4.01. The van der Waals surface area contributed by atoms with Crippen LogP contribution in [-0.4, -0.2) is 32.9 Å². The first-order valence-electron chi connectivity index (χ1n) is 7.04. The van der Waals surface area contributed by atoms with Gasteiger partial charge in [0.2, 0.25) is 8.32 Å². The summed E-state index contributed by atoms with van der Waals surface area (Å²) in [5, 5.41) is 0. The third-order valence-corrected chi connectivity index (χ3v) is 5.63. The van der Waals surface area contributed by atoms with Crippen molar-refractivity contribution in [1.82, 2.24) is 4.90 Å². The van der Waals surface area contributed by atoms with Crippen molar-refractivity contribution in [1.29, 1.82) is 0 Å². The summed E-state index contributed by atoms with van der Waals surface area (Å²) in [5.74, 6) is 1.03. The Kier molecular flexibility index (Phi) is 6.43. The van der Waals surface area contributed by atoms with Gasteiger partial charge in [-0.2, -0.15) is 0 Å². The first-order chi connectivity index (χ1) is 8.57. The van der Waals surface area contributed by atoms with Crippen molar-refractivity contribution in [2.75, 3.05) is 19.6 Å². The van der Waals surface area contributed by atoms with Crippen molar-refractivity contribution in [3.63, 3.8) is 0 Å². The first-order valence-corrected chi connectivity index (χ1v) is 10.2. The van der Waals surface area contributed by atoms with Gasteiger partial charge in [-0.15, -0.1) is 0 Å². The molecule has 0 atom stereocenters. The fourth-order valence-electron chi connectivity index (χ4n) is 2.13. The first kappa shape index (κ1) is 15.3. The number of benzene rings is 1. The monoisotopic (exact) mass is 265 g/mol. The third kappa shape index (κ3) is 5.69. The molecule has 0 aromatic heterocycles. The van der Waals surface area contributed by atoms with Crippen LogP contribution in [0.5, 0.6) is 5.75 Å². The van der Waals surface area contributed by atoms with E-state index >= 15 is 0 Å². The van der Waals surface area contributed by atoms with Crippen LogP contribution < -0.4 is 4.43 Å². The summed E-state index contributed by atoms with van der Waals surface area (Å²) in [6, 6.07) is 11.4. The zero-order chi connectivity index (χ0) is 13.4. The summed E-state index contributed by atoms with van der Waals surface area (Å²) < 4.78 is 6.17. The Bertz CT molecular complexity index is 323. The van der Waals surface area contributed by atoms with E-state index in [9.17, 15) is 0 Å². The van der Waals surface area contributed by atoms with Crippen LogP contribution in [0.3, 0.4) is 0 Å². The van der Waals surface area contributed by atoms with E-state index in [0.717, 1.165) is 18.8 Å². The zero-order valence-electron chi connectivity index (χ0n) is 12.3. The molecule has 0 saturated carbocycles. The Hall–Kier alpha value is -0.803. The smallest absolute Gasteiger partial charge is 0.245 e. The molecule has 0 bridgehead atoms. The highest BCUT2D eigenvalue weighted by Crippen LogP contribution is 2.19. The number of rotatable bonds is 8. The van der Waals surface area contributed by atoms with Gasteiger partial charge >= 0.3 is 0 Å². The maximum atomic E-state index is 6.17. The van der Waals surface area contributed by atoms with Crippen molar-refractivity contribution in [2.45, 2.75) is 39.4 Å². The van der Waals surface area contributed by atoms with Crippen LogP contribution >= 0.6 is 0 Å². The van der Waals surface area contributed by atoms with Crippen LogP contribution in [-0.2, 0) is 0 Å². The molecule has 1 aromatic rings. The molecule has 0 aliphatic heterocycles. The molecular weight excluding hydrogens is 238 g/mol. The second-order valence-electron chi connectivity index (χ2n) is 5.31. The van der Waals surface area contributed by atoms with Crippen LogP contribution in [0.1, 0.15) is 20.3 Å². The predicted octanol–water partition coefficient (Wildman–Crippen LogP) is 4.00. The van der Waals surface area contributed by atoms with Gasteiger partial charge < -0.3 is 9.33 Å². The van der Waals surface area contributed by atoms with Crippen molar-refractivity contribution in [3.05, 3.63) is 30.3 Å². The van der Waals surface area contributed by atoms with Gasteiger partial charge in [-0.25, -0.2) is 0 Å². The van der Waals surface area contributed by atoms with Gasteiger partial charge in [0.25, 0.3) is 0 Å². The molecule has 0 fully saturated rings. The molecule has 0 radical (unpaired) electrons. The van der Waals surface area contributed by atoms with E-state index in [2.05, 4.69) is 44.0 Å². The Morgan fingerprint density at radius 1 is 1.06 bits per heavy atom. The minimum Gasteiger partial charge on any atom is -0.544 e. The summed E-state index contributed by atoms with van der Waals surface area (Å²) in [4.78, 5) is 2.48. The molecule has 0 saturated heterocycles. The van der Waals surface area contributed by atoms with E-state index in [1.807, 2.05) is 18.2 Å². The standard InChI is InChI=1S/C15H27NOSi/c1-5-16(6-2)13-10-14-18(3,4)17-15-11-8-7-9-12-15/h7-9,11-12H,5-6,10,13-14H2,1-4H3. The second kappa shape index (κ2) is 7.59. The lowest BCUT2D eigenvalue weighted by Gasteiger charge is -2.25. The van der Waals surface area contributed by atoms with Gasteiger partial charge in [-0.3, -0.25) is 0 Å². The van der Waals surface area contributed by atoms with Crippen LogP contribution in [0.4, 0.5) is 0 Å². The van der Waals surface area contributed by atoms with Gasteiger partial charge in [0.05, 0.1) is 0 Å². The van der Waals surface area contributed by atoms with Crippen molar-refractivity contribution >= 4 is 8.32 Å². The number of para-hydroxylation sites is 1. The molecule has 2 nitrogen and oxygen atoms in total. The average molecular weight is 265 g/mol. The van der Waals surface area contributed by atoms with E-state index in [4.69, 9.17) is 4.43 Å². The molecule has 1 rings (SSSR count). The molecule has 0 amide bonds. The van der Waals surface area contributed by atoms with E-state index in [1.54, 1.807) is 0 Å². The quantitative estimate of drug-likeness (QED) is 0.659. The van der Waals surface area contributed by atoms with Crippen LogP contribution in [0, 0.1) is 0 Å². The van der Waals surface area contributed by atoms with Crippen LogP contribution in [0.15, 0.2) is 30.3 Å². The normalized spacial score (nSPS) is 11.8. The summed E-state index contributed by atoms with van der Waals surface area (Å²) >= 11 is 0. The summed E-state index contributed by atoms with van der Waals surface area (Å²) in [6.45, 7) is 12.6. The van der Waals surface area contributed by atoms with Gasteiger partial charge in [0.1, 0.15) is 5.75 Å². The topological polar surface area (TPSA) is 12.5 Å². The Morgan fingerprint density at radius 2 is 1.67 bits per heavy atom. The maximum Gasteiger partial charge on any atom is 0.245 e. The summed E-state index contributed by atoms with van der Waals surface area (Å²) in [7, 11) is -1.56. The molecule has 0 aliphatic rings. The van der Waals surface area contributed by atoms with Crippen LogP contribution in [0.25, 0.3) is 0 Å². The Labute approximate surface area is 113 Å². The molecule has 0 unspecified atom stereocenters. The van der Waals surface area contributed by atoms with Gasteiger partial charge in [-0.05, 0) is 57.3 Å². The summed E-state index contributed by atoms with van der Waals surface area (Å²) in [6.07, 6.45) is 1.24. The van der Waals surface area contributed by atoms with E-state index in [0.29, 0.717) is 0 Å². The van der Waals surface area contributed by atoms with E-state index in [1.165, 1.54) is 19.0 Å². The van der Waals surface area contributed by atoms with Gasteiger partial charge in [-0.1, -0.05) is 32.0 Å². The summed E-state index contributed by atoms with van der Waals surface area (Å²) in [5.41, 5.74) is 0. The van der Waals surface area contributed by atoms with E-state index in [-0.39, 0.29) is 0 Å². The Balaban J connectivity index is 2.35. The second-order valence-corrected chi connectivity index (χ2v) is 9.53. The van der Waals surface area contributed by atoms with E-state index < -0.39 is 8.32 Å². The molecule has 1 aromatic carbocycles. The number of hydrogen-bond acceptors (Lipinski definition) is 2. The fraction of sp³-hybridized carbons (Fsp3) is 0.600. The minimum absolute atomic E-state index is 1.03. The maximum absolute atomic E-state index is 6.17. The molecule has 18 heavy (non-hydrogen) atoms. The minimum atomic E-state index is -1.56. The highest BCUT2D eigenvalue weighted by atomic mass is 28.4. The molecule has 0 N–H and O–H groups in total. The molecule has 0 aliphatic carbocycles. The molecule has 0 heterocycles. The van der Waals surface area contributed by atoms with Gasteiger partial charge in [0.15, 0.2) is 0 Å². The lowest BCUT2D eigenvalue weighted by molar-refractivity contribution is 0.303. The van der Waals surface area contributed by atoms with Gasteiger partial charge in [0, 0.05) is 0 Å². The Morgan fingerprint density at radius 3 is 2.22 bits per heavy atom. The van der Waals surface area contributed by atoms with Crippen LogP contribution in [0.2, 0.25) is 19.1 Å². The third-order valence-electron chi connectivity index (χ3n) is 3.28. The molecular formula is C15H27NOSi. The lowest BCUT2D eigenvalue weighted by Crippen LogP contribution is -2.35. The molecule has 102 valence electrons. The molecule has 3 heteroatoms. The van der Waals surface area contributed by atoms with Crippen molar-refractivity contribution in [3.8, 4) is 5.75 Å². The highest BCUT2D eigenvalue weighted by molar-refractivity contribution is 6.71. The highest BCUT2D eigenvalue weighted by Gasteiger charge is 2.23. The predicted molar refractivity (Wildman–Crippen MR) is 81.8 cm³/mol. The lowest BCUT2D eigenvalue weighted by atomic mass is 10.3. The zero-order valence-corrected chi connectivity index (χ0v) is 13.3. The van der Waals surface area contributed by atoms with Crippen molar-refractivity contribution in [2.24, 2.45) is 0 Å². The number of hydrogen-bond donors (Lipinski definition) is 0. The van der Waals surface area contributed by atoms with Crippen molar-refractivity contribution < 1.29 is 4.43 Å². The SMILES string of the molecule is CCN(CC)CCC[Si](C)(C)Oc1ccccc1. The largest absolute Gasteiger partial charge is 0.544 e. The average Bonchev–Trinajstić information content (AvgIpc) is 2.35. The number of nitrogens with zero attached hydrogens (tertiary/aromatic N) is 1. The molecule has 0 spiro atoms.